The molecule has 1 aliphatic heterocycles. The molecule has 3 N–H and O–H groups in total. The molecule has 0 aliphatic carbocycles. The van der Waals surface area contributed by atoms with E-state index in [4.69, 9.17) is 5.21 Å². The Hall–Kier alpha value is -3.01. The lowest BCUT2D eigenvalue weighted by Crippen LogP contribution is -2.42. The van der Waals surface area contributed by atoms with Gasteiger partial charge in [0.15, 0.2) is 0 Å². The van der Waals surface area contributed by atoms with Gasteiger partial charge in [0, 0.05) is 25.3 Å². The zero-order valence-electron chi connectivity index (χ0n) is 16.2. The number of aromatic nitrogens is 1. The van der Waals surface area contributed by atoms with Gasteiger partial charge in [-0.15, -0.1) is 0 Å². The van der Waals surface area contributed by atoms with Crippen LogP contribution in [0.4, 0.5) is 5.82 Å². The van der Waals surface area contributed by atoms with Crippen molar-refractivity contribution in [3.63, 3.8) is 0 Å². The lowest BCUT2D eigenvalue weighted by Gasteiger charge is -2.32. The fourth-order valence-corrected chi connectivity index (χ4v) is 5.11. The first-order valence-electron chi connectivity index (χ1n) is 9.63. The van der Waals surface area contributed by atoms with Crippen molar-refractivity contribution in [2.24, 2.45) is 0 Å². The van der Waals surface area contributed by atoms with Gasteiger partial charge in [-0.05, 0) is 47.9 Å². The Morgan fingerprint density at radius 2 is 1.74 bits per heavy atom. The molecule has 1 aliphatic rings. The molecule has 0 saturated carbocycles. The van der Waals surface area contributed by atoms with Crippen LogP contribution < -0.4 is 10.8 Å². The van der Waals surface area contributed by atoms with Crippen molar-refractivity contribution in [1.82, 2.24) is 14.8 Å². The van der Waals surface area contributed by atoms with Crippen LogP contribution in [-0.4, -0.2) is 48.0 Å². The summed E-state index contributed by atoms with van der Waals surface area (Å²) in [6.45, 7) is 0.829. The van der Waals surface area contributed by atoms with E-state index in [0.717, 1.165) is 10.8 Å². The van der Waals surface area contributed by atoms with Crippen molar-refractivity contribution in [2.75, 3.05) is 18.4 Å². The molecule has 1 fully saturated rings. The van der Waals surface area contributed by atoms with Crippen molar-refractivity contribution in [3.8, 4) is 0 Å². The van der Waals surface area contributed by atoms with Crippen LogP contribution in [0.3, 0.4) is 0 Å². The van der Waals surface area contributed by atoms with E-state index < -0.39 is 15.9 Å². The van der Waals surface area contributed by atoms with Gasteiger partial charge in [-0.1, -0.05) is 37.8 Å². The van der Waals surface area contributed by atoms with Crippen molar-refractivity contribution in [2.45, 2.75) is 31.2 Å². The molecule has 1 amide bonds. The summed E-state index contributed by atoms with van der Waals surface area (Å²) in [6.07, 6.45) is 2.66. The van der Waals surface area contributed by atoms with Gasteiger partial charge in [-0.2, -0.15) is 4.31 Å². The predicted molar refractivity (Wildman–Crippen MR) is 120 cm³/mol. The molecule has 9 heteroatoms. The number of amides is 1. The molecule has 1 aromatic heterocycles. The molecular formula is C22H26N4O4S. The van der Waals surface area contributed by atoms with Gasteiger partial charge in [0.2, 0.25) is 10.0 Å². The van der Waals surface area contributed by atoms with Crippen molar-refractivity contribution in [1.29, 1.82) is 0 Å². The second kappa shape index (κ2) is 9.42. The maximum atomic E-state index is 13.1. The maximum Gasteiger partial charge on any atom is 0.276 e. The Labute approximate surface area is 181 Å². The van der Waals surface area contributed by atoms with Crippen LogP contribution in [0.5, 0.6) is 0 Å². The topological polar surface area (TPSA) is 112 Å². The molecule has 4 rings (SSSR count). The van der Waals surface area contributed by atoms with E-state index in [-0.39, 0.29) is 19.0 Å². The summed E-state index contributed by atoms with van der Waals surface area (Å²) in [6, 6.07) is 16.2. The Morgan fingerprint density at radius 1 is 1.03 bits per heavy atom. The normalized spacial score (nSPS) is 15.3. The van der Waals surface area contributed by atoms with E-state index >= 15 is 0 Å². The smallest absolute Gasteiger partial charge is 0.276 e. The number of pyridine rings is 1. The van der Waals surface area contributed by atoms with E-state index in [1.807, 2.05) is 30.3 Å². The highest BCUT2D eigenvalue weighted by atomic mass is 32.2. The highest BCUT2D eigenvalue weighted by molar-refractivity contribution is 7.89. The number of fused-ring (bicyclic) bond motifs is 1. The maximum absolute atomic E-state index is 13.1. The van der Waals surface area contributed by atoms with Crippen LogP contribution in [0.2, 0.25) is 0 Å². The van der Waals surface area contributed by atoms with Gasteiger partial charge in [0.05, 0.1) is 10.5 Å². The third-order valence-corrected chi connectivity index (χ3v) is 7.19. The summed E-state index contributed by atoms with van der Waals surface area (Å²) in [5.74, 6) is -0.0263. The Morgan fingerprint density at radius 3 is 2.39 bits per heavy atom. The molecule has 0 radical (unpaired) electrons. The number of carbonyl (C=O) groups is 1. The molecule has 0 unspecified atom stereocenters. The third kappa shape index (κ3) is 4.84. The van der Waals surface area contributed by atoms with Crippen LogP contribution in [0.1, 0.15) is 30.6 Å². The highest BCUT2D eigenvalue weighted by Crippen LogP contribution is 2.25. The number of hydrogen-bond donors (Lipinski definition) is 3. The van der Waals surface area contributed by atoms with Gasteiger partial charge >= 0.3 is 0 Å². The van der Waals surface area contributed by atoms with E-state index in [1.54, 1.807) is 29.7 Å². The van der Waals surface area contributed by atoms with Gasteiger partial charge in [0.25, 0.3) is 5.91 Å². The highest BCUT2D eigenvalue weighted by Gasteiger charge is 2.29. The van der Waals surface area contributed by atoms with Crippen LogP contribution in [0.25, 0.3) is 10.8 Å². The third-order valence-electron chi connectivity index (χ3n) is 5.29. The molecule has 2 heterocycles. The molecule has 31 heavy (non-hydrogen) atoms. The average molecular weight is 443 g/mol. The number of hydrogen-bond acceptors (Lipinski definition) is 6. The summed E-state index contributed by atoms with van der Waals surface area (Å²) in [4.78, 5) is 15.8. The van der Waals surface area contributed by atoms with Crippen molar-refractivity contribution >= 4 is 32.5 Å². The minimum atomic E-state index is -3.55. The number of hydroxylamine groups is 1. The van der Waals surface area contributed by atoms with Crippen LogP contribution >= 0.6 is 0 Å². The number of carbonyl (C=O) groups excluding carboxylic acids is 1. The zero-order chi connectivity index (χ0) is 21.1. The van der Waals surface area contributed by atoms with Crippen LogP contribution in [0.15, 0.2) is 65.7 Å². The lowest BCUT2D eigenvalue weighted by molar-refractivity contribution is 0.0706. The van der Waals surface area contributed by atoms with E-state index in [1.165, 1.54) is 10.5 Å². The molecule has 2 aromatic carbocycles. The molecule has 164 valence electrons. The van der Waals surface area contributed by atoms with Crippen molar-refractivity contribution in [3.05, 3.63) is 66.4 Å². The minimum absolute atomic E-state index is 0. The first kappa shape index (κ1) is 22.7. The van der Waals surface area contributed by atoms with Crippen LogP contribution in [0, 0.1) is 0 Å². The number of piperidine rings is 1. The summed E-state index contributed by atoms with van der Waals surface area (Å²) in [5.41, 5.74) is 1.81. The molecule has 0 spiro atoms. The number of benzene rings is 2. The lowest BCUT2D eigenvalue weighted by atomic mass is 10.1. The van der Waals surface area contributed by atoms with Gasteiger partial charge in [-0.3, -0.25) is 10.0 Å². The SMILES string of the molecule is C.O=C(NO)c1ccc(NC2CCN(S(=O)(=O)c3ccc4ccccc4c3)CC2)nc1. The first-order valence-corrected chi connectivity index (χ1v) is 11.1. The molecule has 0 atom stereocenters. The number of rotatable bonds is 5. The Kier molecular flexibility index (Phi) is 6.89. The second-order valence-corrected chi connectivity index (χ2v) is 9.14. The van der Waals surface area contributed by atoms with E-state index in [0.29, 0.717) is 36.6 Å². The fourth-order valence-electron chi connectivity index (χ4n) is 3.60. The fraction of sp³-hybridized carbons (Fsp3) is 0.273. The van der Waals surface area contributed by atoms with Gasteiger partial charge in [-0.25, -0.2) is 18.9 Å². The molecular weight excluding hydrogens is 416 g/mol. The molecule has 1 saturated heterocycles. The van der Waals surface area contributed by atoms with Crippen molar-refractivity contribution < 1.29 is 18.4 Å². The summed E-state index contributed by atoms with van der Waals surface area (Å²) in [7, 11) is -3.55. The first-order chi connectivity index (χ1) is 14.5. The Bertz CT molecular complexity index is 1160. The number of anilines is 1. The standard InChI is InChI=1S/C21H22N4O4S.CH4/c26-21(24-27)17-6-8-20(22-14-17)23-18-9-11-25(12-10-18)30(28,29)19-7-5-15-3-1-2-4-16(15)13-19;/h1-8,13-14,18,27H,9-12H2,(H,22,23)(H,24,26);1H4. The van der Waals surface area contributed by atoms with Gasteiger partial charge in [0.1, 0.15) is 5.82 Å². The van der Waals surface area contributed by atoms with E-state index in [9.17, 15) is 13.2 Å². The largest absolute Gasteiger partial charge is 0.367 e. The average Bonchev–Trinajstić information content (AvgIpc) is 2.79. The van der Waals surface area contributed by atoms with Gasteiger partial charge < -0.3 is 5.32 Å². The number of sulfonamides is 1. The number of nitrogens with zero attached hydrogens (tertiary/aromatic N) is 2. The monoisotopic (exact) mass is 442 g/mol. The summed E-state index contributed by atoms with van der Waals surface area (Å²) < 4.78 is 27.6. The summed E-state index contributed by atoms with van der Waals surface area (Å²) in [5, 5.41) is 13.8. The predicted octanol–water partition coefficient (Wildman–Crippen LogP) is 3.26. The quantitative estimate of drug-likeness (QED) is 0.413. The van der Waals surface area contributed by atoms with E-state index in [2.05, 4.69) is 10.3 Å². The minimum Gasteiger partial charge on any atom is -0.367 e. The second-order valence-electron chi connectivity index (χ2n) is 7.20. The molecule has 0 bridgehead atoms. The van der Waals surface area contributed by atoms with Crippen LogP contribution in [-0.2, 0) is 10.0 Å². The number of nitrogens with one attached hydrogen (secondary N) is 2. The summed E-state index contributed by atoms with van der Waals surface area (Å²) >= 11 is 0. The molecule has 3 aromatic rings. The Balaban J connectivity index is 0.00000272. The molecule has 8 nitrogen and oxygen atoms in total. The zero-order valence-corrected chi connectivity index (χ0v) is 17.0.